The molecule has 4 nitrogen and oxygen atoms in total. The van der Waals surface area contributed by atoms with Gasteiger partial charge in [0, 0.05) is 14.6 Å². The predicted octanol–water partition coefficient (Wildman–Crippen LogP) is 5.37. The second-order valence-corrected chi connectivity index (χ2v) is 8.68. The summed E-state index contributed by atoms with van der Waals surface area (Å²) in [6.07, 6.45) is -0.618. The Balaban J connectivity index is 1.53. The maximum atomic E-state index is 13.0. The van der Waals surface area contributed by atoms with Crippen LogP contribution in [0.2, 0.25) is 0 Å². The van der Waals surface area contributed by atoms with E-state index in [2.05, 4.69) is 5.32 Å². The van der Waals surface area contributed by atoms with Gasteiger partial charge in [0.25, 0.3) is 5.91 Å². The molecule has 0 aliphatic heterocycles. The van der Waals surface area contributed by atoms with Crippen molar-refractivity contribution in [1.29, 1.82) is 0 Å². The molecule has 148 valence electrons. The fraction of sp³-hybridized carbons (Fsp3) is 0.174. The third kappa shape index (κ3) is 4.19. The summed E-state index contributed by atoms with van der Waals surface area (Å²) in [5, 5.41) is 17.3. The number of aliphatic hydroxyl groups excluding tert-OH is 1. The number of nitrogens with one attached hydrogen (secondary N) is 1. The van der Waals surface area contributed by atoms with Gasteiger partial charge in [0.15, 0.2) is 0 Å². The van der Waals surface area contributed by atoms with Crippen molar-refractivity contribution in [3.8, 4) is 5.75 Å². The Morgan fingerprint density at radius 2 is 1.93 bits per heavy atom. The summed E-state index contributed by atoms with van der Waals surface area (Å²) in [4.78, 5) is 15.8. The molecule has 2 aromatic heterocycles. The fourth-order valence-corrected chi connectivity index (χ4v) is 5.00. The SMILES string of the molecule is CCOc1ccc2ccccc2c1C(=O)NCc1ccc([C@H](O)c2cccs2)s1. The van der Waals surface area contributed by atoms with Gasteiger partial charge in [-0.2, -0.15) is 0 Å². The van der Waals surface area contributed by atoms with Crippen LogP contribution in [0.4, 0.5) is 0 Å². The molecule has 2 N–H and O–H groups in total. The first-order valence-corrected chi connectivity index (χ1v) is 11.1. The first-order chi connectivity index (χ1) is 14.2. The number of benzene rings is 2. The molecule has 1 atom stereocenters. The highest BCUT2D eigenvalue weighted by Crippen LogP contribution is 2.31. The Kier molecular flexibility index (Phi) is 5.94. The summed E-state index contributed by atoms with van der Waals surface area (Å²) in [5.74, 6) is 0.419. The molecule has 0 bridgehead atoms. The molecule has 0 spiro atoms. The molecule has 0 aliphatic rings. The van der Waals surface area contributed by atoms with E-state index < -0.39 is 6.10 Å². The van der Waals surface area contributed by atoms with Crippen LogP contribution in [0.25, 0.3) is 10.8 Å². The summed E-state index contributed by atoms with van der Waals surface area (Å²) < 4.78 is 5.71. The van der Waals surface area contributed by atoms with E-state index in [-0.39, 0.29) is 5.91 Å². The van der Waals surface area contributed by atoms with E-state index in [4.69, 9.17) is 4.74 Å². The maximum absolute atomic E-state index is 13.0. The number of rotatable bonds is 7. The van der Waals surface area contributed by atoms with Crippen molar-refractivity contribution in [2.24, 2.45) is 0 Å². The Bertz CT molecular complexity index is 1120. The number of ether oxygens (including phenoxy) is 1. The quantitative estimate of drug-likeness (QED) is 0.420. The van der Waals surface area contributed by atoms with Crippen molar-refractivity contribution in [2.75, 3.05) is 6.61 Å². The molecular weight excluding hydrogens is 402 g/mol. The van der Waals surface area contributed by atoms with Crippen molar-refractivity contribution < 1.29 is 14.6 Å². The van der Waals surface area contributed by atoms with E-state index in [9.17, 15) is 9.90 Å². The number of hydrogen-bond donors (Lipinski definition) is 2. The number of thiophene rings is 2. The lowest BCUT2D eigenvalue weighted by Crippen LogP contribution is -2.23. The fourth-order valence-electron chi connectivity index (χ4n) is 3.24. The zero-order valence-electron chi connectivity index (χ0n) is 15.9. The molecule has 0 radical (unpaired) electrons. The van der Waals surface area contributed by atoms with E-state index in [1.807, 2.05) is 73.0 Å². The zero-order valence-corrected chi connectivity index (χ0v) is 17.6. The van der Waals surface area contributed by atoms with Crippen LogP contribution in [0.1, 0.15) is 38.0 Å². The third-order valence-electron chi connectivity index (χ3n) is 4.61. The molecule has 29 heavy (non-hydrogen) atoms. The number of carbonyl (C=O) groups is 1. The van der Waals surface area contributed by atoms with E-state index in [0.717, 1.165) is 25.4 Å². The Morgan fingerprint density at radius 3 is 2.72 bits per heavy atom. The Hall–Kier alpha value is -2.67. The highest BCUT2D eigenvalue weighted by Gasteiger charge is 2.18. The Morgan fingerprint density at radius 1 is 1.07 bits per heavy atom. The topological polar surface area (TPSA) is 58.6 Å². The van der Waals surface area contributed by atoms with Crippen molar-refractivity contribution >= 4 is 39.4 Å². The van der Waals surface area contributed by atoms with Gasteiger partial charge >= 0.3 is 0 Å². The molecule has 4 aromatic rings. The van der Waals surface area contributed by atoms with Gasteiger partial charge in [0.1, 0.15) is 11.9 Å². The lowest BCUT2D eigenvalue weighted by atomic mass is 10.0. The van der Waals surface area contributed by atoms with Gasteiger partial charge in [-0.05, 0) is 47.3 Å². The molecule has 0 aliphatic carbocycles. The van der Waals surface area contributed by atoms with Gasteiger partial charge in [-0.15, -0.1) is 22.7 Å². The van der Waals surface area contributed by atoms with Crippen LogP contribution >= 0.6 is 22.7 Å². The van der Waals surface area contributed by atoms with Gasteiger partial charge in [0.05, 0.1) is 18.7 Å². The van der Waals surface area contributed by atoms with Crippen LogP contribution in [0.5, 0.6) is 5.75 Å². The van der Waals surface area contributed by atoms with E-state index in [1.54, 1.807) is 0 Å². The van der Waals surface area contributed by atoms with E-state index >= 15 is 0 Å². The highest BCUT2D eigenvalue weighted by atomic mass is 32.1. The average molecular weight is 424 g/mol. The van der Waals surface area contributed by atoms with Gasteiger partial charge < -0.3 is 15.2 Å². The minimum atomic E-state index is -0.618. The molecule has 2 aromatic carbocycles. The first kappa shape index (κ1) is 19.6. The lowest BCUT2D eigenvalue weighted by molar-refractivity contribution is 0.0949. The second kappa shape index (κ2) is 8.78. The minimum absolute atomic E-state index is 0.168. The second-order valence-electron chi connectivity index (χ2n) is 6.50. The largest absolute Gasteiger partial charge is 0.493 e. The summed E-state index contributed by atoms with van der Waals surface area (Å²) >= 11 is 3.04. The van der Waals surface area contributed by atoms with Crippen LogP contribution < -0.4 is 10.1 Å². The van der Waals surface area contributed by atoms with Gasteiger partial charge in [-0.25, -0.2) is 0 Å². The van der Waals surface area contributed by atoms with Crippen LogP contribution in [0, 0.1) is 0 Å². The summed E-state index contributed by atoms with van der Waals surface area (Å²) in [5.41, 5.74) is 0.556. The van der Waals surface area contributed by atoms with Crippen molar-refractivity contribution in [1.82, 2.24) is 5.32 Å². The van der Waals surface area contributed by atoms with Crippen LogP contribution in [0.3, 0.4) is 0 Å². The monoisotopic (exact) mass is 423 g/mol. The molecule has 6 heteroatoms. The van der Waals surface area contributed by atoms with Crippen LogP contribution in [-0.2, 0) is 6.54 Å². The lowest BCUT2D eigenvalue weighted by Gasteiger charge is -2.13. The van der Waals surface area contributed by atoms with E-state index in [1.165, 1.54) is 22.7 Å². The maximum Gasteiger partial charge on any atom is 0.255 e. The molecule has 0 saturated carbocycles. The summed E-state index contributed by atoms with van der Waals surface area (Å²) in [7, 11) is 0. The Labute approximate surface area is 177 Å². The molecular formula is C23H21NO3S2. The smallest absolute Gasteiger partial charge is 0.255 e. The van der Waals surface area contributed by atoms with Gasteiger partial charge in [-0.3, -0.25) is 4.79 Å². The number of aliphatic hydroxyl groups is 1. The standard InChI is InChI=1S/C23H21NO3S2/c1-2-27-18-11-9-15-6-3-4-7-17(15)21(18)23(26)24-14-16-10-12-20(29-16)22(25)19-8-5-13-28-19/h3-13,22,25H,2,14H2,1H3,(H,24,26)/t22-/m1/s1. The van der Waals surface area contributed by atoms with Gasteiger partial charge in [0.2, 0.25) is 0 Å². The molecule has 0 unspecified atom stereocenters. The average Bonchev–Trinajstić information content (AvgIpc) is 3.44. The van der Waals surface area contributed by atoms with Crippen molar-refractivity contribution in [2.45, 2.75) is 19.6 Å². The zero-order chi connectivity index (χ0) is 20.2. The third-order valence-corrected chi connectivity index (χ3v) is 6.67. The summed E-state index contributed by atoms with van der Waals surface area (Å²) in [6, 6.07) is 19.3. The highest BCUT2D eigenvalue weighted by molar-refractivity contribution is 7.12. The van der Waals surface area contributed by atoms with Crippen LogP contribution in [0.15, 0.2) is 66.0 Å². The summed E-state index contributed by atoms with van der Waals surface area (Å²) in [6.45, 7) is 2.80. The number of hydrogen-bond acceptors (Lipinski definition) is 5. The molecule has 2 heterocycles. The minimum Gasteiger partial charge on any atom is -0.493 e. The molecule has 1 amide bonds. The normalized spacial score (nSPS) is 12.1. The number of carbonyl (C=O) groups excluding carboxylic acids is 1. The van der Waals surface area contributed by atoms with Crippen molar-refractivity contribution in [3.05, 3.63) is 86.2 Å². The molecule has 0 fully saturated rings. The number of amides is 1. The predicted molar refractivity (Wildman–Crippen MR) is 119 cm³/mol. The first-order valence-electron chi connectivity index (χ1n) is 9.40. The number of fused-ring (bicyclic) bond motifs is 1. The molecule has 0 saturated heterocycles. The van der Waals surface area contributed by atoms with Crippen molar-refractivity contribution in [3.63, 3.8) is 0 Å². The van der Waals surface area contributed by atoms with Crippen LogP contribution in [-0.4, -0.2) is 17.6 Å². The molecule has 4 rings (SSSR count). The van der Waals surface area contributed by atoms with Gasteiger partial charge in [-0.1, -0.05) is 36.4 Å². The van der Waals surface area contributed by atoms with E-state index in [0.29, 0.717) is 24.5 Å².